The first-order chi connectivity index (χ1) is 8.58. The normalized spacial score (nSPS) is 18.6. The highest BCUT2D eigenvalue weighted by Gasteiger charge is 2.21. The summed E-state index contributed by atoms with van der Waals surface area (Å²) in [5.74, 6) is -1.10. The number of urea groups is 1. The van der Waals surface area contributed by atoms with Crippen LogP contribution in [0.25, 0.3) is 0 Å². The van der Waals surface area contributed by atoms with Gasteiger partial charge in [-0.25, -0.2) is 9.59 Å². The maximum atomic E-state index is 11.7. The van der Waals surface area contributed by atoms with Crippen LogP contribution in [0.2, 0.25) is 0 Å². The molecule has 1 aromatic rings. The van der Waals surface area contributed by atoms with Crippen molar-refractivity contribution in [3.05, 3.63) is 11.3 Å². The Kier molecular flexibility index (Phi) is 3.78. The first-order valence-electron chi connectivity index (χ1n) is 5.42. The Bertz CT molecular complexity index is 468. The summed E-state index contributed by atoms with van der Waals surface area (Å²) in [6.45, 7) is 2.71. The van der Waals surface area contributed by atoms with Crippen molar-refractivity contribution < 1.29 is 19.4 Å². The van der Waals surface area contributed by atoms with Gasteiger partial charge in [0.05, 0.1) is 18.3 Å². The summed E-state index contributed by atoms with van der Waals surface area (Å²) in [5.41, 5.74) is 0.435. The summed E-state index contributed by atoms with van der Waals surface area (Å²) in [4.78, 5) is 22.7. The van der Waals surface area contributed by atoms with E-state index in [0.717, 1.165) is 18.0 Å². The number of ether oxygens (including phenoxy) is 1. The number of anilines is 1. The first-order valence-corrected chi connectivity index (χ1v) is 6.20. The van der Waals surface area contributed by atoms with Gasteiger partial charge in [-0.15, -0.1) is 0 Å². The van der Waals surface area contributed by atoms with E-state index in [1.807, 2.05) is 0 Å². The molecular weight excluding hydrogens is 258 g/mol. The molecule has 98 valence electrons. The van der Waals surface area contributed by atoms with Crippen molar-refractivity contribution in [1.82, 2.24) is 9.69 Å². The van der Waals surface area contributed by atoms with Crippen LogP contribution < -0.4 is 10.6 Å². The third kappa shape index (κ3) is 2.77. The number of nitrogens with one attached hydrogen (secondary N) is 2. The Labute approximate surface area is 107 Å². The summed E-state index contributed by atoms with van der Waals surface area (Å²) >= 11 is 0.957. The number of amides is 2. The predicted octanol–water partition coefficient (Wildman–Crippen LogP) is 1.06. The van der Waals surface area contributed by atoms with Crippen molar-refractivity contribution in [2.45, 2.75) is 19.4 Å². The van der Waals surface area contributed by atoms with Crippen LogP contribution in [-0.2, 0) is 4.74 Å². The largest absolute Gasteiger partial charge is 0.478 e. The molecule has 2 rings (SSSR count). The van der Waals surface area contributed by atoms with Gasteiger partial charge in [-0.05, 0) is 24.9 Å². The van der Waals surface area contributed by atoms with Gasteiger partial charge in [0.1, 0.15) is 10.6 Å². The summed E-state index contributed by atoms with van der Waals surface area (Å²) in [5, 5.41) is 14.5. The highest BCUT2D eigenvalue weighted by atomic mass is 32.1. The van der Waals surface area contributed by atoms with E-state index in [1.165, 1.54) is 0 Å². The highest BCUT2D eigenvalue weighted by molar-refractivity contribution is 7.11. The van der Waals surface area contributed by atoms with E-state index >= 15 is 0 Å². The number of aromatic carboxylic acids is 1. The lowest BCUT2D eigenvalue weighted by Crippen LogP contribution is -2.38. The molecule has 2 heterocycles. The van der Waals surface area contributed by atoms with Crippen LogP contribution in [0.1, 0.15) is 22.5 Å². The molecule has 0 bridgehead atoms. The minimum Gasteiger partial charge on any atom is -0.478 e. The van der Waals surface area contributed by atoms with E-state index in [9.17, 15) is 9.59 Å². The quantitative estimate of drug-likeness (QED) is 0.763. The molecule has 2 amide bonds. The number of carbonyl (C=O) groups excluding carboxylic acids is 1. The zero-order valence-corrected chi connectivity index (χ0v) is 10.5. The van der Waals surface area contributed by atoms with Gasteiger partial charge in [0.25, 0.3) is 0 Å². The molecular formula is C10H13N3O4S. The van der Waals surface area contributed by atoms with Gasteiger partial charge in [0, 0.05) is 6.61 Å². The van der Waals surface area contributed by atoms with Crippen LogP contribution in [0.3, 0.4) is 0 Å². The molecule has 1 unspecified atom stereocenters. The van der Waals surface area contributed by atoms with Crippen LogP contribution in [0, 0.1) is 6.92 Å². The molecule has 1 aromatic heterocycles. The molecule has 1 atom stereocenters. The Morgan fingerprint density at radius 1 is 1.56 bits per heavy atom. The number of carboxylic acids is 1. The first kappa shape index (κ1) is 12.8. The van der Waals surface area contributed by atoms with Crippen molar-refractivity contribution in [3.8, 4) is 0 Å². The summed E-state index contributed by atoms with van der Waals surface area (Å²) in [6.07, 6.45) is 0.765. The fourth-order valence-electron chi connectivity index (χ4n) is 1.68. The Balaban J connectivity index is 2.00. The van der Waals surface area contributed by atoms with Gasteiger partial charge in [0.15, 0.2) is 0 Å². The maximum absolute atomic E-state index is 11.7. The third-order valence-electron chi connectivity index (χ3n) is 2.57. The minimum atomic E-state index is -1.10. The molecule has 0 spiro atoms. The molecule has 1 aliphatic heterocycles. The number of rotatable bonds is 3. The zero-order valence-electron chi connectivity index (χ0n) is 9.73. The number of nitrogens with zero attached hydrogens (tertiary/aromatic N) is 1. The lowest BCUT2D eigenvalue weighted by atomic mass is 10.2. The zero-order chi connectivity index (χ0) is 13.1. The van der Waals surface area contributed by atoms with E-state index in [2.05, 4.69) is 15.0 Å². The van der Waals surface area contributed by atoms with Gasteiger partial charge in [-0.2, -0.15) is 4.37 Å². The standard InChI is InChI=1S/C10H13N3O4S/c1-5-7(9(14)15)8(18-13-5)12-10(16)11-6-2-3-17-4-6/h6H,2-4H2,1H3,(H,14,15)(H2,11,12,16). The van der Waals surface area contributed by atoms with E-state index in [-0.39, 0.29) is 16.6 Å². The second-order valence-electron chi connectivity index (χ2n) is 3.94. The molecule has 1 aliphatic rings. The van der Waals surface area contributed by atoms with Crippen LogP contribution in [0.5, 0.6) is 0 Å². The number of carbonyl (C=O) groups is 2. The van der Waals surface area contributed by atoms with Crippen LogP contribution in [0.4, 0.5) is 9.80 Å². The van der Waals surface area contributed by atoms with Crippen LogP contribution in [0.15, 0.2) is 0 Å². The van der Waals surface area contributed by atoms with E-state index in [0.29, 0.717) is 18.9 Å². The molecule has 0 radical (unpaired) electrons. The third-order valence-corrected chi connectivity index (χ3v) is 3.42. The van der Waals surface area contributed by atoms with Gasteiger partial charge in [0.2, 0.25) is 0 Å². The second-order valence-corrected chi connectivity index (χ2v) is 4.71. The highest BCUT2D eigenvalue weighted by Crippen LogP contribution is 2.24. The molecule has 1 fully saturated rings. The van der Waals surface area contributed by atoms with Gasteiger partial charge >= 0.3 is 12.0 Å². The summed E-state index contributed by atoms with van der Waals surface area (Å²) in [6, 6.07) is -0.455. The van der Waals surface area contributed by atoms with E-state index in [1.54, 1.807) is 6.92 Å². The molecule has 8 heteroatoms. The van der Waals surface area contributed by atoms with Gasteiger partial charge in [-0.3, -0.25) is 5.32 Å². The minimum absolute atomic E-state index is 0.0210. The lowest BCUT2D eigenvalue weighted by molar-refractivity contribution is 0.0697. The van der Waals surface area contributed by atoms with Crippen molar-refractivity contribution in [2.24, 2.45) is 0 Å². The topological polar surface area (TPSA) is 101 Å². The fraction of sp³-hybridized carbons (Fsp3) is 0.500. The van der Waals surface area contributed by atoms with Crippen LogP contribution >= 0.6 is 11.5 Å². The summed E-state index contributed by atoms with van der Waals surface area (Å²) in [7, 11) is 0. The molecule has 7 nitrogen and oxygen atoms in total. The Morgan fingerprint density at radius 3 is 2.94 bits per heavy atom. The monoisotopic (exact) mass is 271 g/mol. The molecule has 0 aromatic carbocycles. The number of hydrogen-bond donors (Lipinski definition) is 3. The smallest absolute Gasteiger partial charge is 0.340 e. The molecule has 1 saturated heterocycles. The molecule has 0 saturated carbocycles. The lowest BCUT2D eigenvalue weighted by Gasteiger charge is -2.11. The maximum Gasteiger partial charge on any atom is 0.340 e. The SMILES string of the molecule is Cc1nsc(NC(=O)NC2CCOC2)c1C(=O)O. The van der Waals surface area contributed by atoms with Crippen molar-refractivity contribution in [3.63, 3.8) is 0 Å². The molecule has 0 aliphatic carbocycles. The Hall–Kier alpha value is -1.67. The number of carboxylic acid groups (broad SMARTS) is 1. The van der Waals surface area contributed by atoms with Gasteiger partial charge < -0.3 is 15.2 Å². The van der Waals surface area contributed by atoms with Crippen molar-refractivity contribution >= 4 is 28.5 Å². The fourth-order valence-corrected chi connectivity index (χ4v) is 2.46. The molecule has 3 N–H and O–H groups in total. The van der Waals surface area contributed by atoms with Crippen LogP contribution in [-0.4, -0.2) is 40.7 Å². The number of aryl methyl sites for hydroxylation is 1. The average molecular weight is 271 g/mol. The number of aromatic nitrogens is 1. The predicted molar refractivity (Wildman–Crippen MR) is 65.2 cm³/mol. The number of hydrogen-bond acceptors (Lipinski definition) is 5. The summed E-state index contributed by atoms with van der Waals surface area (Å²) < 4.78 is 9.04. The Morgan fingerprint density at radius 2 is 2.33 bits per heavy atom. The molecule has 18 heavy (non-hydrogen) atoms. The van der Waals surface area contributed by atoms with Gasteiger partial charge in [-0.1, -0.05) is 0 Å². The average Bonchev–Trinajstić information content (AvgIpc) is 2.88. The van der Waals surface area contributed by atoms with Crippen molar-refractivity contribution in [2.75, 3.05) is 18.5 Å². The van der Waals surface area contributed by atoms with E-state index < -0.39 is 12.0 Å². The van der Waals surface area contributed by atoms with E-state index in [4.69, 9.17) is 9.84 Å². The second kappa shape index (κ2) is 5.32. The van der Waals surface area contributed by atoms with Crippen molar-refractivity contribution in [1.29, 1.82) is 0 Å².